The van der Waals surface area contributed by atoms with Gasteiger partial charge in [0.25, 0.3) is 0 Å². The van der Waals surface area contributed by atoms with Gasteiger partial charge in [0, 0.05) is 6.42 Å². The smallest absolute Gasteiger partial charge is 0.387 e. The van der Waals surface area contributed by atoms with E-state index >= 15 is 0 Å². The lowest BCUT2D eigenvalue weighted by Gasteiger charge is -2.25. The number of phosphoric acid groups is 1. The molecule has 3 unspecified atom stereocenters. The Kier molecular flexibility index (Phi) is 25.7. The summed E-state index contributed by atoms with van der Waals surface area (Å²) >= 11 is 0. The summed E-state index contributed by atoms with van der Waals surface area (Å²) in [5.74, 6) is -0.218. The molecule has 0 rings (SSSR count). The Morgan fingerprint density at radius 2 is 1.29 bits per heavy atom. The van der Waals surface area contributed by atoms with Crippen molar-refractivity contribution in [2.24, 2.45) is 0 Å². The second kappa shape index (κ2) is 26.4. The molecule has 0 saturated carbocycles. The van der Waals surface area contributed by atoms with Crippen molar-refractivity contribution >= 4 is 13.7 Å². The summed E-state index contributed by atoms with van der Waals surface area (Å²) in [6.45, 7) is 4.70. The van der Waals surface area contributed by atoms with Crippen molar-refractivity contribution < 1.29 is 32.9 Å². The average molecular weight is 618 g/mol. The fourth-order valence-corrected chi connectivity index (χ4v) is 5.13. The van der Waals surface area contributed by atoms with Crippen molar-refractivity contribution in [3.05, 3.63) is 24.3 Å². The highest BCUT2D eigenvalue weighted by Gasteiger charge is 2.27. The largest absolute Gasteiger partial charge is 0.472 e. The summed E-state index contributed by atoms with van der Waals surface area (Å²) in [5.41, 5.74) is 0. The Balaban J connectivity index is 4.69. The average Bonchev–Trinajstić information content (AvgIpc) is 2.92. The van der Waals surface area contributed by atoms with E-state index in [1.54, 1.807) is 6.08 Å². The van der Waals surface area contributed by atoms with Gasteiger partial charge in [-0.1, -0.05) is 109 Å². The first-order chi connectivity index (χ1) is 20.0. The number of aliphatic hydroxyl groups excluding tert-OH is 1. The zero-order valence-corrected chi connectivity index (χ0v) is 28.6. The highest BCUT2D eigenvalue weighted by molar-refractivity contribution is 7.47. The number of allylic oxidation sites excluding steroid dienone is 3. The number of hydrogen-bond donors (Lipinski definition) is 3. The molecule has 0 aromatic heterocycles. The number of carbonyl (C=O) groups is 1. The van der Waals surface area contributed by atoms with Crippen LogP contribution in [0.15, 0.2) is 24.3 Å². The molecule has 248 valence electrons. The number of nitrogens with one attached hydrogen (secondary N) is 1. The number of rotatable bonds is 29. The third kappa shape index (κ3) is 27.8. The number of aliphatic hydroxyl groups is 1. The number of amides is 1. The summed E-state index contributed by atoms with van der Waals surface area (Å²) in [5, 5.41) is 13.6. The summed E-state index contributed by atoms with van der Waals surface area (Å²) in [7, 11) is 1.55. The molecule has 0 bridgehead atoms. The normalized spacial score (nSPS) is 15.3. The third-order valence-corrected chi connectivity index (χ3v) is 8.15. The first-order valence-electron chi connectivity index (χ1n) is 16.7. The molecule has 0 aliphatic rings. The highest BCUT2D eigenvalue weighted by atomic mass is 31.2. The molecule has 3 N–H and O–H groups in total. The zero-order valence-electron chi connectivity index (χ0n) is 27.7. The Bertz CT molecular complexity index is 753. The first-order valence-corrected chi connectivity index (χ1v) is 18.2. The highest BCUT2D eigenvalue weighted by Crippen LogP contribution is 2.43. The predicted octanol–water partition coefficient (Wildman–Crippen LogP) is 7.85. The molecule has 0 spiro atoms. The molecular formula is C33H66N2O6P+. The third-order valence-electron chi connectivity index (χ3n) is 7.17. The van der Waals surface area contributed by atoms with Crippen LogP contribution in [-0.4, -0.2) is 73.4 Å². The Hall–Kier alpha value is -1.02. The van der Waals surface area contributed by atoms with Crippen molar-refractivity contribution in [1.82, 2.24) is 5.32 Å². The molecule has 0 aromatic rings. The van der Waals surface area contributed by atoms with E-state index in [0.29, 0.717) is 23.9 Å². The lowest BCUT2D eigenvalue weighted by Crippen LogP contribution is -2.45. The van der Waals surface area contributed by atoms with E-state index < -0.39 is 20.0 Å². The van der Waals surface area contributed by atoms with Gasteiger partial charge in [0.05, 0.1) is 39.9 Å². The van der Waals surface area contributed by atoms with Crippen LogP contribution in [0.2, 0.25) is 0 Å². The number of unbranched alkanes of at least 4 members (excludes halogenated alkanes) is 14. The van der Waals surface area contributed by atoms with Crippen molar-refractivity contribution in [2.75, 3.05) is 40.9 Å². The van der Waals surface area contributed by atoms with Crippen LogP contribution >= 0.6 is 7.82 Å². The maximum absolute atomic E-state index is 12.6. The predicted molar refractivity (Wildman–Crippen MR) is 175 cm³/mol. The summed E-state index contributed by atoms with van der Waals surface area (Å²) in [4.78, 5) is 22.8. The number of nitrogens with zero attached hydrogens (tertiary/aromatic N) is 1. The molecule has 42 heavy (non-hydrogen) atoms. The van der Waals surface area contributed by atoms with Crippen molar-refractivity contribution in [2.45, 2.75) is 142 Å². The van der Waals surface area contributed by atoms with Crippen LogP contribution in [0.25, 0.3) is 0 Å². The van der Waals surface area contributed by atoms with Gasteiger partial charge in [-0.15, -0.1) is 0 Å². The van der Waals surface area contributed by atoms with Gasteiger partial charge < -0.3 is 19.8 Å². The van der Waals surface area contributed by atoms with Crippen LogP contribution in [0.3, 0.4) is 0 Å². The van der Waals surface area contributed by atoms with Gasteiger partial charge in [0.1, 0.15) is 13.2 Å². The standard InChI is InChI=1S/C33H65N2O6P/c1-6-8-10-12-14-16-17-19-20-22-24-26-32(36)31(30-41-42(38,39)40-29-28-35(3,4)5)34-33(37)27-25-23-21-18-15-13-11-9-7-2/h18,21,24,26,31-32,36H,6-17,19-20,22-23,25,27-30H2,1-5H3,(H-,34,37,38,39)/p+1/b21-18-,26-24+. The molecule has 0 aliphatic carbocycles. The molecule has 1 amide bonds. The van der Waals surface area contributed by atoms with Crippen molar-refractivity contribution in [3.8, 4) is 0 Å². The van der Waals surface area contributed by atoms with E-state index in [0.717, 1.165) is 32.1 Å². The molecule has 8 nitrogen and oxygen atoms in total. The minimum absolute atomic E-state index is 0.0572. The quantitative estimate of drug-likeness (QED) is 0.0342. The zero-order chi connectivity index (χ0) is 31.5. The number of likely N-dealkylation sites (N-methyl/N-ethyl adjacent to an activating group) is 1. The van der Waals surface area contributed by atoms with Gasteiger partial charge in [0.15, 0.2) is 0 Å². The number of phosphoric ester groups is 1. The minimum Gasteiger partial charge on any atom is -0.387 e. The molecule has 3 atom stereocenters. The van der Waals surface area contributed by atoms with Crippen LogP contribution in [-0.2, 0) is 18.4 Å². The lowest BCUT2D eigenvalue weighted by atomic mass is 10.1. The number of hydrogen-bond acceptors (Lipinski definition) is 5. The second-order valence-electron chi connectivity index (χ2n) is 12.5. The summed E-state index contributed by atoms with van der Waals surface area (Å²) in [6, 6.07) is -0.853. The molecule has 0 saturated heterocycles. The molecule has 0 radical (unpaired) electrons. The topological polar surface area (TPSA) is 105 Å². The van der Waals surface area contributed by atoms with E-state index in [9.17, 15) is 19.4 Å². The summed E-state index contributed by atoms with van der Waals surface area (Å²) in [6.07, 6.45) is 26.8. The van der Waals surface area contributed by atoms with Gasteiger partial charge in [-0.25, -0.2) is 4.57 Å². The van der Waals surface area contributed by atoms with Gasteiger partial charge in [-0.3, -0.25) is 13.8 Å². The molecule has 0 heterocycles. The summed E-state index contributed by atoms with van der Waals surface area (Å²) < 4.78 is 23.3. The van der Waals surface area contributed by atoms with Crippen LogP contribution < -0.4 is 5.32 Å². The number of carbonyl (C=O) groups excluding carboxylic acids is 1. The molecule has 0 aliphatic heterocycles. The van der Waals surface area contributed by atoms with Crippen molar-refractivity contribution in [1.29, 1.82) is 0 Å². The van der Waals surface area contributed by atoms with Gasteiger partial charge >= 0.3 is 7.82 Å². The Morgan fingerprint density at radius 1 is 0.786 bits per heavy atom. The van der Waals surface area contributed by atoms with Crippen LogP contribution in [0.1, 0.15) is 129 Å². The van der Waals surface area contributed by atoms with E-state index in [-0.39, 0.29) is 19.1 Å². The second-order valence-corrected chi connectivity index (χ2v) is 14.0. The van der Waals surface area contributed by atoms with E-state index in [1.807, 2.05) is 27.2 Å². The monoisotopic (exact) mass is 617 g/mol. The Labute approximate surface area is 258 Å². The minimum atomic E-state index is -4.32. The van der Waals surface area contributed by atoms with Gasteiger partial charge in [0.2, 0.25) is 5.91 Å². The maximum Gasteiger partial charge on any atom is 0.472 e. The van der Waals surface area contributed by atoms with Gasteiger partial charge in [-0.05, 0) is 38.5 Å². The van der Waals surface area contributed by atoms with Crippen LogP contribution in [0.5, 0.6) is 0 Å². The molecule has 9 heteroatoms. The van der Waals surface area contributed by atoms with E-state index in [2.05, 4.69) is 31.3 Å². The van der Waals surface area contributed by atoms with E-state index in [4.69, 9.17) is 9.05 Å². The van der Waals surface area contributed by atoms with Gasteiger partial charge in [-0.2, -0.15) is 0 Å². The van der Waals surface area contributed by atoms with E-state index in [1.165, 1.54) is 70.6 Å². The number of quaternary nitrogens is 1. The first kappa shape index (κ1) is 41.0. The Morgan fingerprint density at radius 3 is 1.86 bits per heavy atom. The molecule has 0 aromatic carbocycles. The molecule has 0 fully saturated rings. The molecular weight excluding hydrogens is 551 g/mol. The SMILES string of the molecule is CCCCCC/C=C\CCCC(=O)NC(COP(=O)(O)OCC[N+](C)(C)C)C(O)/C=C/CCCCCCCCCCC. The maximum atomic E-state index is 12.6. The fraction of sp³-hybridized carbons (Fsp3) is 0.848. The fourth-order valence-electron chi connectivity index (χ4n) is 4.39. The van der Waals surface area contributed by atoms with Crippen molar-refractivity contribution in [3.63, 3.8) is 0 Å². The lowest BCUT2D eigenvalue weighted by molar-refractivity contribution is -0.870. The van der Waals surface area contributed by atoms with Crippen LogP contribution in [0.4, 0.5) is 0 Å². The van der Waals surface area contributed by atoms with Crippen LogP contribution in [0, 0.1) is 0 Å².